The van der Waals surface area contributed by atoms with Crippen molar-refractivity contribution in [3.63, 3.8) is 0 Å². The van der Waals surface area contributed by atoms with Crippen LogP contribution in [-0.4, -0.2) is 24.4 Å². The lowest BCUT2D eigenvalue weighted by Gasteiger charge is -2.06. The highest BCUT2D eigenvalue weighted by Crippen LogP contribution is 2.39. The maximum Gasteiger partial charge on any atom is 0.304 e. The summed E-state index contributed by atoms with van der Waals surface area (Å²) in [4.78, 5) is 10.3. The van der Waals surface area contributed by atoms with Crippen molar-refractivity contribution in [3.05, 3.63) is 22.7 Å². The van der Waals surface area contributed by atoms with Gasteiger partial charge >= 0.3 is 5.97 Å². The SMILES string of the molecule is O=C(O)CCNCc1cc(Cl)c2c(c1)OCO2. The molecule has 6 heteroatoms. The van der Waals surface area contributed by atoms with E-state index in [1.165, 1.54) is 0 Å². The topological polar surface area (TPSA) is 67.8 Å². The zero-order chi connectivity index (χ0) is 12.3. The molecule has 1 heterocycles. The van der Waals surface area contributed by atoms with Gasteiger partial charge in [-0.25, -0.2) is 0 Å². The number of benzene rings is 1. The number of aliphatic carboxylic acids is 1. The fourth-order valence-electron chi connectivity index (χ4n) is 1.55. The molecule has 0 radical (unpaired) electrons. The Labute approximate surface area is 103 Å². The lowest BCUT2D eigenvalue weighted by Crippen LogP contribution is -2.17. The van der Waals surface area contributed by atoms with Crippen LogP contribution >= 0.6 is 11.6 Å². The van der Waals surface area contributed by atoms with Gasteiger partial charge < -0.3 is 19.9 Å². The van der Waals surface area contributed by atoms with E-state index in [9.17, 15) is 4.79 Å². The van der Waals surface area contributed by atoms with Crippen molar-refractivity contribution < 1.29 is 19.4 Å². The standard InChI is InChI=1S/C11H12ClNO4/c12-8-3-7(5-13-2-1-10(14)15)4-9-11(8)17-6-16-9/h3-4,13H,1-2,5-6H2,(H,14,15). The van der Waals surface area contributed by atoms with Gasteiger partial charge in [-0.05, 0) is 17.7 Å². The molecule has 0 saturated heterocycles. The van der Waals surface area contributed by atoms with Gasteiger partial charge in [0.2, 0.25) is 6.79 Å². The molecular formula is C11H12ClNO4. The third-order valence-electron chi connectivity index (χ3n) is 2.33. The average Bonchev–Trinajstić information content (AvgIpc) is 2.72. The van der Waals surface area contributed by atoms with E-state index >= 15 is 0 Å². The van der Waals surface area contributed by atoms with Crippen molar-refractivity contribution >= 4 is 17.6 Å². The van der Waals surface area contributed by atoms with Crippen LogP contribution in [0.15, 0.2) is 12.1 Å². The predicted octanol–water partition coefficient (Wildman–Crippen LogP) is 1.63. The van der Waals surface area contributed by atoms with E-state index in [1.54, 1.807) is 6.07 Å². The summed E-state index contributed by atoms with van der Waals surface area (Å²) in [5.41, 5.74) is 0.935. The molecule has 1 aromatic rings. The molecule has 1 aliphatic heterocycles. The highest BCUT2D eigenvalue weighted by Gasteiger charge is 2.17. The first-order valence-corrected chi connectivity index (χ1v) is 5.55. The molecule has 1 aromatic carbocycles. The van der Waals surface area contributed by atoms with Gasteiger partial charge in [-0.2, -0.15) is 0 Å². The van der Waals surface area contributed by atoms with Gasteiger partial charge in [0.1, 0.15) is 0 Å². The maximum absolute atomic E-state index is 10.3. The molecule has 0 fully saturated rings. The van der Waals surface area contributed by atoms with Crippen molar-refractivity contribution in [2.24, 2.45) is 0 Å². The Kier molecular flexibility index (Phi) is 3.71. The fraction of sp³-hybridized carbons (Fsp3) is 0.364. The number of ether oxygens (including phenoxy) is 2. The Morgan fingerprint density at radius 1 is 1.47 bits per heavy atom. The number of rotatable bonds is 5. The van der Waals surface area contributed by atoms with Gasteiger partial charge in [-0.3, -0.25) is 4.79 Å². The van der Waals surface area contributed by atoms with Crippen LogP contribution in [0.3, 0.4) is 0 Å². The van der Waals surface area contributed by atoms with Crippen molar-refractivity contribution in [2.45, 2.75) is 13.0 Å². The van der Waals surface area contributed by atoms with Crippen LogP contribution in [0.5, 0.6) is 11.5 Å². The molecule has 0 atom stereocenters. The molecule has 17 heavy (non-hydrogen) atoms. The lowest BCUT2D eigenvalue weighted by molar-refractivity contribution is -0.136. The Morgan fingerprint density at radius 2 is 2.29 bits per heavy atom. The normalized spacial score (nSPS) is 12.8. The Balaban J connectivity index is 1.93. The van der Waals surface area contributed by atoms with Crippen molar-refractivity contribution in [3.8, 4) is 11.5 Å². The summed E-state index contributed by atoms with van der Waals surface area (Å²) in [5.74, 6) is 0.384. The van der Waals surface area contributed by atoms with Gasteiger partial charge in [0, 0.05) is 13.1 Å². The summed E-state index contributed by atoms with van der Waals surface area (Å²) >= 11 is 6.01. The first kappa shape index (κ1) is 12.0. The third-order valence-corrected chi connectivity index (χ3v) is 2.61. The van der Waals surface area contributed by atoms with Crippen LogP contribution in [0.2, 0.25) is 5.02 Å². The monoisotopic (exact) mass is 257 g/mol. The second-order valence-corrected chi connectivity index (χ2v) is 4.04. The van der Waals surface area contributed by atoms with Gasteiger partial charge in [-0.1, -0.05) is 11.6 Å². The molecular weight excluding hydrogens is 246 g/mol. The molecule has 0 saturated carbocycles. The zero-order valence-electron chi connectivity index (χ0n) is 9.03. The molecule has 0 aliphatic carbocycles. The molecule has 0 bridgehead atoms. The van der Waals surface area contributed by atoms with Crippen LogP contribution in [0.25, 0.3) is 0 Å². The largest absolute Gasteiger partial charge is 0.481 e. The van der Waals surface area contributed by atoms with E-state index in [4.69, 9.17) is 26.2 Å². The quantitative estimate of drug-likeness (QED) is 0.785. The molecule has 2 N–H and O–H groups in total. The minimum Gasteiger partial charge on any atom is -0.481 e. The highest BCUT2D eigenvalue weighted by molar-refractivity contribution is 6.32. The number of nitrogens with one attached hydrogen (secondary N) is 1. The number of carboxylic acids is 1. The molecule has 5 nitrogen and oxygen atoms in total. The number of carboxylic acid groups (broad SMARTS) is 1. The molecule has 0 spiro atoms. The van der Waals surface area contributed by atoms with Gasteiger partial charge in [0.05, 0.1) is 11.4 Å². The summed E-state index contributed by atoms with van der Waals surface area (Å²) in [6.07, 6.45) is 0.0955. The molecule has 0 aromatic heterocycles. The van der Waals surface area contributed by atoms with E-state index in [1.807, 2.05) is 6.07 Å². The van der Waals surface area contributed by atoms with Crippen LogP contribution in [-0.2, 0) is 11.3 Å². The van der Waals surface area contributed by atoms with Crippen molar-refractivity contribution in [1.82, 2.24) is 5.32 Å². The highest BCUT2D eigenvalue weighted by atomic mass is 35.5. The summed E-state index contributed by atoms with van der Waals surface area (Å²) in [5, 5.41) is 12.0. The number of hydrogen-bond acceptors (Lipinski definition) is 4. The molecule has 92 valence electrons. The molecule has 2 rings (SSSR count). The molecule has 0 unspecified atom stereocenters. The van der Waals surface area contributed by atoms with Gasteiger partial charge in [-0.15, -0.1) is 0 Å². The van der Waals surface area contributed by atoms with Gasteiger partial charge in [0.25, 0.3) is 0 Å². The number of hydrogen-bond donors (Lipinski definition) is 2. The second-order valence-electron chi connectivity index (χ2n) is 3.63. The lowest BCUT2D eigenvalue weighted by atomic mass is 10.2. The second kappa shape index (κ2) is 5.25. The van der Waals surface area contributed by atoms with Crippen molar-refractivity contribution in [2.75, 3.05) is 13.3 Å². The van der Waals surface area contributed by atoms with E-state index < -0.39 is 5.97 Å². The summed E-state index contributed by atoms with van der Waals surface area (Å²) < 4.78 is 10.4. The summed E-state index contributed by atoms with van der Waals surface area (Å²) in [6, 6.07) is 3.62. The Morgan fingerprint density at radius 3 is 3.06 bits per heavy atom. The fourth-order valence-corrected chi connectivity index (χ4v) is 1.84. The van der Waals surface area contributed by atoms with E-state index in [0.717, 1.165) is 5.56 Å². The minimum atomic E-state index is -0.818. The summed E-state index contributed by atoms with van der Waals surface area (Å²) in [6.45, 7) is 1.15. The minimum absolute atomic E-state index is 0.0955. The van der Waals surface area contributed by atoms with E-state index in [2.05, 4.69) is 5.32 Å². The van der Waals surface area contributed by atoms with Crippen LogP contribution < -0.4 is 14.8 Å². The first-order valence-electron chi connectivity index (χ1n) is 5.17. The zero-order valence-corrected chi connectivity index (χ0v) is 9.79. The van der Waals surface area contributed by atoms with Crippen LogP contribution in [0.1, 0.15) is 12.0 Å². The number of halogens is 1. The van der Waals surface area contributed by atoms with Crippen molar-refractivity contribution in [1.29, 1.82) is 0 Å². The molecule has 1 aliphatic rings. The summed E-state index contributed by atoms with van der Waals surface area (Å²) in [7, 11) is 0. The van der Waals surface area contributed by atoms with Crippen LogP contribution in [0.4, 0.5) is 0 Å². The molecule has 0 amide bonds. The number of fused-ring (bicyclic) bond motifs is 1. The predicted molar refractivity (Wildman–Crippen MR) is 61.5 cm³/mol. The maximum atomic E-state index is 10.3. The van der Waals surface area contributed by atoms with Gasteiger partial charge in [0.15, 0.2) is 11.5 Å². The average molecular weight is 258 g/mol. The van der Waals surface area contributed by atoms with Crippen LogP contribution in [0, 0.1) is 0 Å². The van der Waals surface area contributed by atoms with E-state index in [-0.39, 0.29) is 13.2 Å². The third kappa shape index (κ3) is 3.01. The van der Waals surface area contributed by atoms with E-state index in [0.29, 0.717) is 29.6 Å². The Bertz CT molecular complexity index is 436. The smallest absolute Gasteiger partial charge is 0.304 e. The first-order chi connectivity index (χ1) is 8.16. The Hall–Kier alpha value is -1.46. The number of carbonyl (C=O) groups is 1.